The van der Waals surface area contributed by atoms with Gasteiger partial charge in [-0.1, -0.05) is 285 Å². The fraction of sp³-hybridized carbons (Fsp3) is 0.949. The Bertz CT molecular complexity index is 1480. The first-order valence-electron chi connectivity index (χ1n) is 39.7. The highest BCUT2D eigenvalue weighted by Gasteiger charge is 2.24. The Balaban J connectivity index is 2.92. The third kappa shape index (κ3) is 56.1. The second kappa shape index (κ2) is 66.7. The zero-order chi connectivity index (χ0) is 65.3. The number of esters is 4. The second-order valence-corrected chi connectivity index (χ2v) is 27.6. The van der Waals surface area contributed by atoms with Gasteiger partial charge < -0.3 is 28.7 Å². The van der Waals surface area contributed by atoms with Gasteiger partial charge in [0.15, 0.2) is 0 Å². The molecule has 0 radical (unpaired) electrons. The summed E-state index contributed by atoms with van der Waals surface area (Å²) in [5.41, 5.74) is 0. The fourth-order valence-electron chi connectivity index (χ4n) is 13.0. The summed E-state index contributed by atoms with van der Waals surface area (Å²) in [6.07, 6.45) is 60.7. The summed E-state index contributed by atoms with van der Waals surface area (Å²) in [6.45, 7) is 23.6. The van der Waals surface area contributed by atoms with Crippen LogP contribution in [-0.2, 0) is 38.1 Å². The van der Waals surface area contributed by atoms with Crippen molar-refractivity contribution in [2.24, 2.45) is 0 Å². The van der Waals surface area contributed by atoms with Crippen molar-refractivity contribution in [2.45, 2.75) is 388 Å². The highest BCUT2D eigenvalue weighted by atomic mass is 16.5. The zero-order valence-electron chi connectivity index (χ0n) is 60.9. The monoisotopic (exact) mass is 1270 g/mol. The van der Waals surface area contributed by atoms with E-state index in [-0.39, 0.29) is 23.9 Å². The molecule has 1 fully saturated rings. The maximum absolute atomic E-state index is 13.1. The topological polar surface area (TPSA) is 118 Å². The molecule has 12 heteroatoms. The van der Waals surface area contributed by atoms with Crippen LogP contribution in [0.4, 0.5) is 0 Å². The van der Waals surface area contributed by atoms with E-state index in [0.717, 1.165) is 110 Å². The third-order valence-corrected chi connectivity index (χ3v) is 19.4. The van der Waals surface area contributed by atoms with Gasteiger partial charge in [-0.3, -0.25) is 29.0 Å². The largest absolute Gasteiger partial charge is 0.466 e. The standard InChI is InChI=1S/C78H152N4O8/c1-7-12-16-20-24-28-32-36-40-47-69-87-75(83)55-63-79(64-56-76(84)88-70-48-41-37-33-29-25-21-17-13-8-2)59-51-61-81(73(6)11-5)67-68-82(74-53-45-44-46-54-74)62-52-60-80(65-57-77(85)89-71-49-42-38-34-30-26-22-18-14-9-3)66-58-78(86)90-72-50-43-39-35-31-27-23-19-15-10-4/h73-74H,7-72H2,1-6H3. The minimum absolute atomic E-state index is 0.133. The van der Waals surface area contributed by atoms with Crippen LogP contribution in [0.15, 0.2) is 0 Å². The van der Waals surface area contributed by atoms with E-state index >= 15 is 0 Å². The van der Waals surface area contributed by atoms with Gasteiger partial charge in [0.05, 0.1) is 52.1 Å². The van der Waals surface area contributed by atoms with E-state index in [4.69, 9.17) is 18.9 Å². The van der Waals surface area contributed by atoms with Crippen LogP contribution in [0.3, 0.4) is 0 Å². The first-order valence-corrected chi connectivity index (χ1v) is 39.7. The van der Waals surface area contributed by atoms with E-state index in [2.05, 4.69) is 61.1 Å². The zero-order valence-corrected chi connectivity index (χ0v) is 60.9. The first-order chi connectivity index (χ1) is 44.2. The van der Waals surface area contributed by atoms with Crippen molar-refractivity contribution < 1.29 is 38.1 Å². The molecule has 90 heavy (non-hydrogen) atoms. The molecule has 0 aliphatic heterocycles. The quantitative estimate of drug-likeness (QED) is 0.0328. The number of hydrogen-bond donors (Lipinski definition) is 0. The van der Waals surface area contributed by atoms with E-state index in [1.807, 2.05) is 0 Å². The van der Waals surface area contributed by atoms with Crippen molar-refractivity contribution in [2.75, 3.05) is 91.9 Å². The van der Waals surface area contributed by atoms with Crippen LogP contribution in [0.25, 0.3) is 0 Å². The Morgan fingerprint density at radius 3 is 0.844 bits per heavy atom. The van der Waals surface area contributed by atoms with Gasteiger partial charge in [-0.05, 0) is 90.9 Å². The van der Waals surface area contributed by atoms with E-state index in [0.29, 0.717) is 90.4 Å². The molecule has 0 N–H and O–H groups in total. The molecule has 1 saturated carbocycles. The Labute approximate surface area is 558 Å². The van der Waals surface area contributed by atoms with Crippen molar-refractivity contribution >= 4 is 23.9 Å². The lowest BCUT2D eigenvalue weighted by Gasteiger charge is -2.37. The molecule has 0 aromatic rings. The normalized spacial score (nSPS) is 13.3. The van der Waals surface area contributed by atoms with Gasteiger partial charge in [-0.2, -0.15) is 0 Å². The van der Waals surface area contributed by atoms with Crippen LogP contribution < -0.4 is 0 Å². The number of hydrogen-bond acceptors (Lipinski definition) is 12. The minimum atomic E-state index is -0.138. The molecule has 0 heterocycles. The van der Waals surface area contributed by atoms with Crippen molar-refractivity contribution in [3.63, 3.8) is 0 Å². The molecule has 0 aromatic heterocycles. The summed E-state index contributed by atoms with van der Waals surface area (Å²) in [7, 11) is 0. The smallest absolute Gasteiger partial charge is 0.307 e. The van der Waals surface area contributed by atoms with Crippen LogP contribution in [0.5, 0.6) is 0 Å². The fourth-order valence-corrected chi connectivity index (χ4v) is 13.0. The van der Waals surface area contributed by atoms with Gasteiger partial charge in [0.1, 0.15) is 0 Å². The van der Waals surface area contributed by atoms with Gasteiger partial charge in [0.25, 0.3) is 0 Å². The Kier molecular flexibility index (Phi) is 63.6. The Morgan fingerprint density at radius 2 is 0.567 bits per heavy atom. The minimum Gasteiger partial charge on any atom is -0.466 e. The Morgan fingerprint density at radius 1 is 0.300 bits per heavy atom. The molecular weight excluding hydrogens is 1120 g/mol. The van der Waals surface area contributed by atoms with Gasteiger partial charge in [0.2, 0.25) is 0 Å². The van der Waals surface area contributed by atoms with Gasteiger partial charge in [-0.25, -0.2) is 0 Å². The molecule has 532 valence electrons. The Hall–Kier alpha value is -2.28. The molecule has 1 rings (SSSR count). The number of unbranched alkanes of at least 4 members (excludes halogenated alkanes) is 36. The van der Waals surface area contributed by atoms with Crippen LogP contribution in [0.2, 0.25) is 0 Å². The average molecular weight is 1270 g/mol. The molecule has 1 aliphatic carbocycles. The predicted molar refractivity (Wildman–Crippen MR) is 382 cm³/mol. The molecule has 1 atom stereocenters. The second-order valence-electron chi connectivity index (χ2n) is 27.6. The lowest BCUT2D eigenvalue weighted by Crippen LogP contribution is -2.45. The van der Waals surface area contributed by atoms with Gasteiger partial charge in [0, 0.05) is 51.4 Å². The van der Waals surface area contributed by atoms with Crippen molar-refractivity contribution in [1.29, 1.82) is 0 Å². The maximum atomic E-state index is 13.1. The predicted octanol–water partition coefficient (Wildman–Crippen LogP) is 20.5. The van der Waals surface area contributed by atoms with Crippen LogP contribution >= 0.6 is 0 Å². The lowest BCUT2D eigenvalue weighted by molar-refractivity contribution is -0.146. The summed E-state index contributed by atoms with van der Waals surface area (Å²) >= 11 is 0. The van der Waals surface area contributed by atoms with E-state index in [1.54, 1.807) is 0 Å². The maximum Gasteiger partial charge on any atom is 0.307 e. The molecule has 1 aliphatic rings. The molecule has 0 saturated heterocycles. The van der Waals surface area contributed by atoms with Crippen molar-refractivity contribution in [1.82, 2.24) is 19.6 Å². The summed E-state index contributed by atoms with van der Waals surface area (Å²) in [5, 5.41) is 0. The summed E-state index contributed by atoms with van der Waals surface area (Å²) < 4.78 is 23.0. The van der Waals surface area contributed by atoms with Crippen molar-refractivity contribution in [3.8, 4) is 0 Å². The number of ether oxygens (including phenoxy) is 4. The summed E-state index contributed by atoms with van der Waals surface area (Å²) in [4.78, 5) is 62.5. The van der Waals surface area contributed by atoms with Gasteiger partial charge >= 0.3 is 23.9 Å². The first kappa shape index (κ1) is 85.7. The SMILES string of the molecule is CCCCCCCCCCCCOC(=O)CCN(CCCN(CCN(CCCN(CCC(=O)OCCCCCCCCCCCC)CCC(=O)OCCCCCCCCCCCC)C1CCCCC1)C(C)CC)CCC(=O)OCCCCCCCCCCCC. The molecule has 0 aromatic carbocycles. The average Bonchev–Trinajstić information content (AvgIpc) is 3.70. The van der Waals surface area contributed by atoms with E-state index in [9.17, 15) is 19.2 Å². The highest BCUT2D eigenvalue weighted by Crippen LogP contribution is 2.24. The van der Waals surface area contributed by atoms with Gasteiger partial charge in [-0.15, -0.1) is 0 Å². The summed E-state index contributed by atoms with van der Waals surface area (Å²) in [6, 6.07) is 0.996. The molecule has 12 nitrogen and oxygen atoms in total. The van der Waals surface area contributed by atoms with E-state index < -0.39 is 0 Å². The molecule has 1 unspecified atom stereocenters. The molecule has 0 amide bonds. The number of carbonyl (C=O) groups excluding carboxylic acids is 4. The number of rotatable bonds is 70. The lowest BCUT2D eigenvalue weighted by atomic mass is 9.94. The molecule has 0 bridgehead atoms. The highest BCUT2D eigenvalue weighted by molar-refractivity contribution is 5.71. The molecule has 0 spiro atoms. The van der Waals surface area contributed by atoms with Crippen LogP contribution in [0.1, 0.15) is 375 Å². The molecular formula is C78H152N4O8. The van der Waals surface area contributed by atoms with Crippen molar-refractivity contribution in [3.05, 3.63) is 0 Å². The number of nitrogens with zero attached hydrogens (tertiary/aromatic N) is 4. The summed E-state index contributed by atoms with van der Waals surface area (Å²) in [5.74, 6) is -0.542. The van der Waals surface area contributed by atoms with Crippen LogP contribution in [0, 0.1) is 0 Å². The van der Waals surface area contributed by atoms with E-state index in [1.165, 1.54) is 238 Å². The van der Waals surface area contributed by atoms with Crippen LogP contribution in [-0.4, -0.2) is 147 Å². The third-order valence-electron chi connectivity index (χ3n) is 19.4. The number of carbonyl (C=O) groups is 4.